The molecule has 4 heteroatoms. The van der Waals surface area contributed by atoms with Gasteiger partial charge in [-0.25, -0.2) is 4.98 Å². The second-order valence-corrected chi connectivity index (χ2v) is 7.23. The number of anilines is 1. The van der Waals surface area contributed by atoms with Crippen molar-refractivity contribution in [2.24, 2.45) is 0 Å². The Morgan fingerprint density at radius 3 is 2.58 bits per heavy atom. The second-order valence-electron chi connectivity index (χ2n) is 7.23. The van der Waals surface area contributed by atoms with Crippen molar-refractivity contribution in [2.45, 2.75) is 12.8 Å². The number of amides is 1. The zero-order valence-corrected chi connectivity index (χ0v) is 17.4. The van der Waals surface area contributed by atoms with Gasteiger partial charge >= 0.3 is 0 Å². The maximum atomic E-state index is 12.9. The summed E-state index contributed by atoms with van der Waals surface area (Å²) in [6.07, 6.45) is 1.71. The largest absolute Gasteiger partial charge is 0.497 e. The van der Waals surface area contributed by atoms with Crippen molar-refractivity contribution in [2.75, 3.05) is 12.4 Å². The number of hydrogen-bond acceptors (Lipinski definition) is 3. The lowest BCUT2D eigenvalue weighted by atomic mass is 9.97. The first-order chi connectivity index (χ1) is 15.1. The summed E-state index contributed by atoms with van der Waals surface area (Å²) in [4.78, 5) is 17.1. The molecule has 0 saturated heterocycles. The van der Waals surface area contributed by atoms with Crippen LogP contribution in [0.4, 0.5) is 5.69 Å². The highest BCUT2D eigenvalue weighted by Crippen LogP contribution is 2.26. The topological polar surface area (TPSA) is 51.2 Å². The number of ether oxygens (including phenoxy) is 1. The van der Waals surface area contributed by atoms with Gasteiger partial charge in [0.05, 0.1) is 13.0 Å². The number of carbonyl (C=O) groups is 1. The summed E-state index contributed by atoms with van der Waals surface area (Å²) in [5, 5.41) is 5.16. The predicted molar refractivity (Wildman–Crippen MR) is 124 cm³/mol. The standard InChI is InChI=1S/C27H22N2O2/c1-19(21-10-11-23-18-26(31-2)14-12-22(23)17-21)27(30)29-25-8-5-6-20(16-25)9-13-24-7-3-4-15-28-24/h3-8,10-12,14-19H,1-2H3,(H,29,30)/t19-/m0/s1. The fourth-order valence-electron chi connectivity index (χ4n) is 3.29. The lowest BCUT2D eigenvalue weighted by Crippen LogP contribution is -2.18. The molecular weight excluding hydrogens is 384 g/mol. The van der Waals surface area contributed by atoms with E-state index in [1.807, 2.05) is 85.8 Å². The maximum absolute atomic E-state index is 12.9. The Bertz CT molecular complexity index is 1290. The van der Waals surface area contributed by atoms with Crippen molar-refractivity contribution in [1.29, 1.82) is 0 Å². The molecule has 0 fully saturated rings. The van der Waals surface area contributed by atoms with Crippen LogP contribution in [0.3, 0.4) is 0 Å². The molecule has 4 rings (SSSR count). The number of carbonyl (C=O) groups excluding carboxylic acids is 1. The van der Waals surface area contributed by atoms with E-state index in [1.54, 1.807) is 13.3 Å². The lowest BCUT2D eigenvalue weighted by molar-refractivity contribution is -0.117. The number of pyridine rings is 1. The van der Waals surface area contributed by atoms with E-state index in [1.165, 1.54) is 0 Å². The highest BCUT2D eigenvalue weighted by molar-refractivity contribution is 5.96. The lowest BCUT2D eigenvalue weighted by Gasteiger charge is -2.14. The SMILES string of the molecule is COc1ccc2cc([C@H](C)C(=O)Nc3cccc(C#Cc4ccccn4)c3)ccc2c1. The van der Waals surface area contributed by atoms with Crippen molar-refractivity contribution in [3.05, 3.63) is 102 Å². The van der Waals surface area contributed by atoms with Crippen LogP contribution in [0, 0.1) is 11.8 Å². The Kier molecular flexibility index (Phi) is 5.96. The smallest absolute Gasteiger partial charge is 0.231 e. The van der Waals surface area contributed by atoms with Crippen LogP contribution in [0.5, 0.6) is 5.75 Å². The fraction of sp³-hybridized carbons (Fsp3) is 0.111. The number of fused-ring (bicyclic) bond motifs is 1. The van der Waals surface area contributed by atoms with Crippen LogP contribution in [0.1, 0.15) is 29.7 Å². The van der Waals surface area contributed by atoms with Gasteiger partial charge in [0.2, 0.25) is 5.91 Å². The molecule has 0 saturated carbocycles. The Hall–Kier alpha value is -4.10. The van der Waals surface area contributed by atoms with Gasteiger partial charge in [-0.1, -0.05) is 42.3 Å². The molecule has 0 spiro atoms. The summed E-state index contributed by atoms with van der Waals surface area (Å²) in [6.45, 7) is 1.91. The summed E-state index contributed by atoms with van der Waals surface area (Å²) in [6, 6.07) is 25.1. The molecule has 1 amide bonds. The Morgan fingerprint density at radius 1 is 0.935 bits per heavy atom. The molecular formula is C27H22N2O2. The van der Waals surface area contributed by atoms with Gasteiger partial charge in [-0.3, -0.25) is 4.79 Å². The van der Waals surface area contributed by atoms with Crippen LogP contribution in [-0.4, -0.2) is 18.0 Å². The van der Waals surface area contributed by atoms with Gasteiger partial charge in [-0.15, -0.1) is 0 Å². The van der Waals surface area contributed by atoms with Crippen molar-refractivity contribution in [3.8, 4) is 17.6 Å². The van der Waals surface area contributed by atoms with Gasteiger partial charge < -0.3 is 10.1 Å². The summed E-state index contributed by atoms with van der Waals surface area (Å²) in [5.41, 5.74) is 3.20. The fourth-order valence-corrected chi connectivity index (χ4v) is 3.29. The third-order valence-electron chi connectivity index (χ3n) is 5.09. The van der Waals surface area contributed by atoms with Crippen molar-refractivity contribution in [1.82, 2.24) is 4.98 Å². The molecule has 31 heavy (non-hydrogen) atoms. The first-order valence-electron chi connectivity index (χ1n) is 10.0. The van der Waals surface area contributed by atoms with Gasteiger partial charge in [0, 0.05) is 17.4 Å². The Balaban J connectivity index is 1.49. The van der Waals surface area contributed by atoms with E-state index in [0.717, 1.165) is 33.3 Å². The van der Waals surface area contributed by atoms with Crippen LogP contribution in [0.15, 0.2) is 85.1 Å². The van der Waals surface area contributed by atoms with Gasteiger partial charge in [-0.05, 0) is 71.6 Å². The summed E-state index contributed by atoms with van der Waals surface area (Å²) < 4.78 is 5.28. The third-order valence-corrected chi connectivity index (χ3v) is 5.09. The molecule has 1 heterocycles. The molecule has 0 radical (unpaired) electrons. The first kappa shape index (κ1) is 20.2. The monoisotopic (exact) mass is 406 g/mol. The van der Waals surface area contributed by atoms with E-state index in [2.05, 4.69) is 22.1 Å². The molecule has 0 aliphatic heterocycles. The summed E-state index contributed by atoms with van der Waals surface area (Å²) in [7, 11) is 1.65. The predicted octanol–water partition coefficient (Wildman–Crippen LogP) is 5.39. The molecule has 1 atom stereocenters. The minimum atomic E-state index is -0.297. The normalized spacial score (nSPS) is 11.3. The quantitative estimate of drug-likeness (QED) is 0.463. The first-order valence-corrected chi connectivity index (χ1v) is 10.0. The number of nitrogens with zero attached hydrogens (tertiary/aromatic N) is 1. The average Bonchev–Trinajstić information content (AvgIpc) is 2.82. The van der Waals surface area contributed by atoms with Crippen molar-refractivity contribution < 1.29 is 9.53 Å². The summed E-state index contributed by atoms with van der Waals surface area (Å²) in [5.74, 6) is 6.58. The molecule has 0 bridgehead atoms. The molecule has 4 aromatic rings. The van der Waals surface area contributed by atoms with E-state index in [-0.39, 0.29) is 11.8 Å². The zero-order valence-electron chi connectivity index (χ0n) is 17.4. The number of rotatable bonds is 4. The van der Waals surface area contributed by atoms with Crippen molar-refractivity contribution in [3.63, 3.8) is 0 Å². The zero-order chi connectivity index (χ0) is 21.6. The molecule has 152 valence electrons. The Morgan fingerprint density at radius 2 is 1.77 bits per heavy atom. The van der Waals surface area contributed by atoms with E-state index < -0.39 is 0 Å². The van der Waals surface area contributed by atoms with Gasteiger partial charge in [0.1, 0.15) is 11.4 Å². The van der Waals surface area contributed by atoms with E-state index in [9.17, 15) is 4.79 Å². The van der Waals surface area contributed by atoms with Crippen LogP contribution in [0.2, 0.25) is 0 Å². The van der Waals surface area contributed by atoms with Gasteiger partial charge in [0.15, 0.2) is 0 Å². The van der Waals surface area contributed by atoms with Crippen LogP contribution in [-0.2, 0) is 4.79 Å². The minimum absolute atomic E-state index is 0.0669. The highest BCUT2D eigenvalue weighted by Gasteiger charge is 2.16. The molecule has 0 aliphatic carbocycles. The number of hydrogen-bond donors (Lipinski definition) is 1. The Labute approximate surface area is 181 Å². The van der Waals surface area contributed by atoms with E-state index >= 15 is 0 Å². The molecule has 0 unspecified atom stereocenters. The molecule has 4 nitrogen and oxygen atoms in total. The second kappa shape index (κ2) is 9.15. The third kappa shape index (κ3) is 4.91. The number of benzene rings is 3. The minimum Gasteiger partial charge on any atom is -0.497 e. The molecule has 3 aromatic carbocycles. The van der Waals surface area contributed by atoms with Crippen LogP contribution >= 0.6 is 0 Å². The van der Waals surface area contributed by atoms with Crippen LogP contribution in [0.25, 0.3) is 10.8 Å². The van der Waals surface area contributed by atoms with Crippen LogP contribution < -0.4 is 10.1 Å². The van der Waals surface area contributed by atoms with E-state index in [0.29, 0.717) is 5.69 Å². The maximum Gasteiger partial charge on any atom is 0.231 e. The molecule has 0 aliphatic rings. The summed E-state index contributed by atoms with van der Waals surface area (Å²) >= 11 is 0. The van der Waals surface area contributed by atoms with Gasteiger partial charge in [0.25, 0.3) is 0 Å². The highest BCUT2D eigenvalue weighted by atomic mass is 16.5. The average molecular weight is 406 g/mol. The van der Waals surface area contributed by atoms with Gasteiger partial charge in [-0.2, -0.15) is 0 Å². The number of methoxy groups -OCH3 is 1. The molecule has 1 N–H and O–H groups in total. The number of nitrogens with one attached hydrogen (secondary N) is 1. The van der Waals surface area contributed by atoms with E-state index in [4.69, 9.17) is 4.74 Å². The number of aromatic nitrogens is 1. The molecule has 1 aromatic heterocycles. The van der Waals surface area contributed by atoms with Crippen molar-refractivity contribution >= 4 is 22.4 Å².